The van der Waals surface area contributed by atoms with Crippen LogP contribution in [0.3, 0.4) is 0 Å². The molecule has 0 aliphatic heterocycles. The number of carbonyl (C=O) groups is 1. The number of aromatic nitrogens is 3. The number of halogens is 1. The second-order valence-electron chi connectivity index (χ2n) is 11.2. The molecule has 0 fully saturated rings. The number of fused-ring (bicyclic) bond motifs is 2. The van der Waals surface area contributed by atoms with Crippen molar-refractivity contribution in [3.8, 4) is 11.1 Å². The predicted molar refractivity (Wildman–Crippen MR) is 167 cm³/mol. The quantitative estimate of drug-likeness (QED) is 0.0853. The molecule has 2 aromatic heterocycles. The van der Waals surface area contributed by atoms with Crippen LogP contribution in [0.1, 0.15) is 21.7 Å². The topological polar surface area (TPSA) is 77.0 Å². The van der Waals surface area contributed by atoms with Crippen molar-refractivity contribution in [3.63, 3.8) is 0 Å². The molecule has 5 rings (SSSR count). The summed E-state index contributed by atoms with van der Waals surface area (Å²) in [6.45, 7) is 9.96. The molecule has 0 aliphatic carbocycles. The molecule has 8 heteroatoms. The fourth-order valence-electron chi connectivity index (χ4n) is 4.69. The van der Waals surface area contributed by atoms with Crippen molar-refractivity contribution in [2.45, 2.75) is 39.3 Å². The highest BCUT2D eigenvalue weighted by Gasteiger charge is 2.20. The summed E-state index contributed by atoms with van der Waals surface area (Å²) in [6, 6.07) is 21.8. The SMILES string of the molecule is Cc1ccc2c(c1)nc(C=CC(=O)c1c(-c3ccccc3)c3cc(Cl)ccc3[nH]c1=O)n2COCC[Si](C)(C)C. The first-order valence-corrected chi connectivity index (χ1v) is 17.4. The number of aromatic amines is 1. The van der Waals surface area contributed by atoms with Crippen molar-refractivity contribution < 1.29 is 9.53 Å². The number of hydrogen-bond acceptors (Lipinski definition) is 4. The van der Waals surface area contributed by atoms with Crippen molar-refractivity contribution in [2.75, 3.05) is 6.61 Å². The zero-order valence-electron chi connectivity index (χ0n) is 23.1. The number of hydrogen-bond donors (Lipinski definition) is 1. The van der Waals surface area contributed by atoms with Crippen LogP contribution < -0.4 is 5.56 Å². The largest absolute Gasteiger partial charge is 0.361 e. The molecule has 1 N–H and O–H groups in total. The molecule has 0 aliphatic rings. The lowest BCUT2D eigenvalue weighted by Gasteiger charge is -2.16. The first-order valence-electron chi connectivity index (χ1n) is 13.3. The third-order valence-corrected chi connectivity index (χ3v) is 8.76. The molecule has 0 saturated carbocycles. The Morgan fingerprint density at radius 1 is 1.07 bits per heavy atom. The number of rotatable bonds is 9. The minimum absolute atomic E-state index is 0.0575. The number of ether oxygens (including phenoxy) is 1. The van der Waals surface area contributed by atoms with Crippen LogP contribution >= 0.6 is 11.6 Å². The van der Waals surface area contributed by atoms with Crippen molar-refractivity contribution in [3.05, 3.63) is 105 Å². The van der Waals surface area contributed by atoms with Crippen LogP contribution in [0.25, 0.3) is 39.1 Å². The van der Waals surface area contributed by atoms with E-state index < -0.39 is 19.4 Å². The van der Waals surface area contributed by atoms with Gasteiger partial charge >= 0.3 is 0 Å². The fraction of sp³-hybridized carbons (Fsp3) is 0.219. The summed E-state index contributed by atoms with van der Waals surface area (Å²) in [5.74, 6) is 0.167. The van der Waals surface area contributed by atoms with Crippen molar-refractivity contribution >= 4 is 53.5 Å². The second-order valence-corrected chi connectivity index (χ2v) is 17.3. The molecule has 0 saturated heterocycles. The standard InChI is InChI=1S/C32H32ClN3O3Si/c1-21-10-13-27-26(18-21)34-29(36(27)20-39-16-17-40(2,3)4)15-14-28(37)31-30(22-8-6-5-7-9-22)24-19-23(33)11-12-25(24)35-32(31)38/h5-15,18-19H,16-17,20H2,1-4H3,(H,35,38). The summed E-state index contributed by atoms with van der Waals surface area (Å²) >= 11 is 6.32. The number of allylic oxidation sites excluding steroid dienone is 1. The minimum atomic E-state index is -1.23. The van der Waals surface area contributed by atoms with E-state index in [0.717, 1.165) is 28.2 Å². The van der Waals surface area contributed by atoms with Gasteiger partial charge in [-0.1, -0.05) is 67.6 Å². The van der Waals surface area contributed by atoms with Gasteiger partial charge in [0.15, 0.2) is 5.78 Å². The number of H-pyrrole nitrogens is 1. The summed E-state index contributed by atoms with van der Waals surface area (Å²) in [6.07, 6.45) is 3.08. The highest BCUT2D eigenvalue weighted by atomic mass is 35.5. The van der Waals surface area contributed by atoms with Gasteiger partial charge in [-0.3, -0.25) is 9.59 Å². The molecule has 0 unspecified atom stereocenters. The maximum absolute atomic E-state index is 13.7. The Morgan fingerprint density at radius 3 is 2.60 bits per heavy atom. The van der Waals surface area contributed by atoms with Gasteiger partial charge < -0.3 is 14.3 Å². The monoisotopic (exact) mass is 569 g/mol. The summed E-state index contributed by atoms with van der Waals surface area (Å²) < 4.78 is 8.01. The number of nitrogens with zero attached hydrogens (tertiary/aromatic N) is 2. The Hall–Kier alpha value is -3.78. The third kappa shape index (κ3) is 6.02. The summed E-state index contributed by atoms with van der Waals surface area (Å²) in [7, 11) is -1.23. The molecule has 0 atom stereocenters. The van der Waals surface area contributed by atoms with Gasteiger partial charge in [-0.15, -0.1) is 0 Å². The zero-order chi connectivity index (χ0) is 28.4. The van der Waals surface area contributed by atoms with E-state index in [2.05, 4.69) is 24.6 Å². The number of pyridine rings is 1. The highest BCUT2D eigenvalue weighted by molar-refractivity contribution is 6.76. The van der Waals surface area contributed by atoms with Crippen LogP contribution in [-0.4, -0.2) is 35.0 Å². The average molecular weight is 570 g/mol. The maximum atomic E-state index is 13.7. The lowest BCUT2D eigenvalue weighted by Crippen LogP contribution is -2.22. The first-order chi connectivity index (χ1) is 19.1. The van der Waals surface area contributed by atoms with E-state index >= 15 is 0 Å². The predicted octanol–water partition coefficient (Wildman–Crippen LogP) is 7.72. The zero-order valence-corrected chi connectivity index (χ0v) is 24.9. The van der Waals surface area contributed by atoms with Gasteiger partial charge in [0.2, 0.25) is 0 Å². The van der Waals surface area contributed by atoms with E-state index in [1.54, 1.807) is 24.3 Å². The summed E-state index contributed by atoms with van der Waals surface area (Å²) in [4.78, 5) is 34.6. The van der Waals surface area contributed by atoms with E-state index in [9.17, 15) is 9.59 Å². The lowest BCUT2D eigenvalue weighted by molar-refractivity contribution is 0.0894. The van der Waals surface area contributed by atoms with Crippen molar-refractivity contribution in [2.24, 2.45) is 0 Å². The Balaban J connectivity index is 1.56. The highest BCUT2D eigenvalue weighted by Crippen LogP contribution is 2.32. The smallest absolute Gasteiger partial charge is 0.260 e. The second kappa shape index (κ2) is 11.4. The van der Waals surface area contributed by atoms with Gasteiger partial charge in [0.1, 0.15) is 12.6 Å². The van der Waals surface area contributed by atoms with E-state index in [1.165, 1.54) is 6.08 Å². The lowest BCUT2D eigenvalue weighted by atomic mass is 9.94. The van der Waals surface area contributed by atoms with Crippen LogP contribution in [0, 0.1) is 6.92 Å². The third-order valence-electron chi connectivity index (χ3n) is 6.82. The van der Waals surface area contributed by atoms with Crippen molar-refractivity contribution in [1.29, 1.82) is 0 Å². The molecule has 5 aromatic rings. The first kappa shape index (κ1) is 27.8. The summed E-state index contributed by atoms with van der Waals surface area (Å²) in [5.41, 5.74) is 4.37. The molecule has 0 spiro atoms. The number of carbonyl (C=O) groups excluding carboxylic acids is 1. The Bertz CT molecular complexity index is 1800. The van der Waals surface area contributed by atoms with Gasteiger partial charge in [0.05, 0.1) is 16.6 Å². The van der Waals surface area contributed by atoms with Crippen LogP contribution in [0.15, 0.2) is 77.6 Å². The minimum Gasteiger partial charge on any atom is -0.361 e. The number of imidazole rings is 1. The fourth-order valence-corrected chi connectivity index (χ4v) is 5.62. The number of nitrogens with one attached hydrogen (secondary N) is 1. The molecule has 0 bridgehead atoms. The van der Waals surface area contributed by atoms with Crippen LogP contribution in [0.5, 0.6) is 0 Å². The Labute approximate surface area is 239 Å². The number of ketones is 1. The summed E-state index contributed by atoms with van der Waals surface area (Å²) in [5, 5.41) is 1.22. The van der Waals surface area contributed by atoms with Crippen LogP contribution in [0.2, 0.25) is 30.7 Å². The van der Waals surface area contributed by atoms with E-state index in [0.29, 0.717) is 40.7 Å². The molecule has 204 valence electrons. The molecule has 6 nitrogen and oxygen atoms in total. The van der Waals surface area contributed by atoms with E-state index in [4.69, 9.17) is 21.3 Å². The van der Waals surface area contributed by atoms with Crippen LogP contribution in [0.4, 0.5) is 0 Å². The molecule has 0 amide bonds. The molecular weight excluding hydrogens is 538 g/mol. The van der Waals surface area contributed by atoms with E-state index in [-0.39, 0.29) is 5.56 Å². The van der Waals surface area contributed by atoms with Crippen molar-refractivity contribution in [1.82, 2.24) is 14.5 Å². The van der Waals surface area contributed by atoms with Crippen LogP contribution in [-0.2, 0) is 11.5 Å². The molecule has 3 aromatic carbocycles. The maximum Gasteiger partial charge on any atom is 0.260 e. The molecular formula is C32H32ClN3O3Si. The van der Waals surface area contributed by atoms with Gasteiger partial charge in [0.25, 0.3) is 5.56 Å². The average Bonchev–Trinajstić information content (AvgIpc) is 3.25. The van der Waals surface area contributed by atoms with Gasteiger partial charge in [-0.2, -0.15) is 0 Å². The number of benzene rings is 3. The number of aryl methyl sites for hydroxylation is 1. The molecule has 2 heterocycles. The Kier molecular flexibility index (Phi) is 7.89. The Morgan fingerprint density at radius 2 is 1.85 bits per heavy atom. The van der Waals surface area contributed by atoms with Gasteiger partial charge in [0, 0.05) is 36.2 Å². The normalized spacial score (nSPS) is 12.1. The van der Waals surface area contributed by atoms with Gasteiger partial charge in [-0.05, 0) is 66.6 Å². The van der Waals surface area contributed by atoms with E-state index in [1.807, 2.05) is 60.0 Å². The molecule has 0 radical (unpaired) electrons. The molecule has 40 heavy (non-hydrogen) atoms. The van der Waals surface area contributed by atoms with Gasteiger partial charge in [-0.25, -0.2) is 4.98 Å².